The summed E-state index contributed by atoms with van der Waals surface area (Å²) in [6.07, 6.45) is 1.74. The molecule has 0 spiro atoms. The van der Waals surface area contributed by atoms with E-state index in [-0.39, 0.29) is 5.41 Å². The number of halogens is 2. The molecule has 1 heterocycles. The normalized spacial score (nSPS) is 20.7. The van der Waals surface area contributed by atoms with Crippen LogP contribution in [0.15, 0.2) is 42.5 Å². The predicted molar refractivity (Wildman–Crippen MR) is 87.5 cm³/mol. The summed E-state index contributed by atoms with van der Waals surface area (Å²) in [5.74, 6) is 0.939. The van der Waals surface area contributed by atoms with Crippen LogP contribution in [0.25, 0.3) is 0 Å². The first-order chi connectivity index (χ1) is 10.1. The highest BCUT2D eigenvalue weighted by molar-refractivity contribution is 6.42. The minimum absolute atomic E-state index is 0.105. The number of nitrogens with two attached hydrogens (primary N) is 1. The van der Waals surface area contributed by atoms with Crippen LogP contribution in [0.2, 0.25) is 10.0 Å². The summed E-state index contributed by atoms with van der Waals surface area (Å²) >= 11 is 12.1. The second-order valence-corrected chi connectivity index (χ2v) is 6.32. The second kappa shape index (κ2) is 5.88. The molecule has 0 saturated carbocycles. The van der Waals surface area contributed by atoms with Crippen LogP contribution in [0.4, 0.5) is 0 Å². The van der Waals surface area contributed by atoms with Gasteiger partial charge in [-0.05, 0) is 36.6 Å². The second-order valence-electron chi connectivity index (χ2n) is 5.50. The first-order valence-corrected chi connectivity index (χ1v) is 7.76. The van der Waals surface area contributed by atoms with Gasteiger partial charge in [-0.2, -0.15) is 0 Å². The molecule has 2 nitrogen and oxygen atoms in total. The topological polar surface area (TPSA) is 35.2 Å². The van der Waals surface area contributed by atoms with Crippen molar-refractivity contribution in [3.63, 3.8) is 0 Å². The van der Waals surface area contributed by atoms with Gasteiger partial charge >= 0.3 is 0 Å². The van der Waals surface area contributed by atoms with Gasteiger partial charge in [-0.1, -0.05) is 47.5 Å². The van der Waals surface area contributed by atoms with Crippen LogP contribution >= 0.6 is 23.2 Å². The third-order valence-electron chi connectivity index (χ3n) is 4.21. The standard InChI is InChI=1S/C17H17Cl2NO/c18-14-6-5-12(9-15(14)19)10-17(11-20)7-8-21-16-4-2-1-3-13(16)17/h1-6,9H,7-8,10-11,20H2. The van der Waals surface area contributed by atoms with Crippen molar-refractivity contribution in [1.82, 2.24) is 0 Å². The summed E-state index contributed by atoms with van der Waals surface area (Å²) in [6.45, 7) is 1.27. The summed E-state index contributed by atoms with van der Waals surface area (Å²) in [5, 5.41) is 1.16. The molecule has 1 aliphatic rings. The molecule has 0 aliphatic carbocycles. The summed E-state index contributed by atoms with van der Waals surface area (Å²) in [7, 11) is 0. The SMILES string of the molecule is NCC1(Cc2ccc(Cl)c(Cl)c2)CCOc2ccccc21. The zero-order chi connectivity index (χ0) is 14.9. The molecule has 1 unspecified atom stereocenters. The molecule has 2 N–H and O–H groups in total. The minimum Gasteiger partial charge on any atom is -0.493 e. The number of fused-ring (bicyclic) bond motifs is 1. The van der Waals surface area contributed by atoms with Crippen molar-refractivity contribution in [2.75, 3.05) is 13.2 Å². The average molecular weight is 322 g/mol. The Labute approximate surface area is 134 Å². The van der Waals surface area contributed by atoms with Crippen molar-refractivity contribution < 1.29 is 4.74 Å². The van der Waals surface area contributed by atoms with E-state index in [1.807, 2.05) is 36.4 Å². The van der Waals surface area contributed by atoms with Gasteiger partial charge in [-0.15, -0.1) is 0 Å². The third kappa shape index (κ3) is 2.76. The fourth-order valence-electron chi connectivity index (χ4n) is 3.03. The highest BCUT2D eigenvalue weighted by Crippen LogP contribution is 2.41. The molecule has 2 aromatic rings. The molecule has 0 amide bonds. The number of hydrogen-bond donors (Lipinski definition) is 1. The van der Waals surface area contributed by atoms with E-state index in [1.165, 1.54) is 5.56 Å². The quantitative estimate of drug-likeness (QED) is 0.918. The third-order valence-corrected chi connectivity index (χ3v) is 4.95. The molecule has 0 bridgehead atoms. The molecule has 0 saturated heterocycles. The van der Waals surface area contributed by atoms with Crippen LogP contribution in [0.5, 0.6) is 5.75 Å². The van der Waals surface area contributed by atoms with Crippen molar-refractivity contribution in [1.29, 1.82) is 0 Å². The summed E-state index contributed by atoms with van der Waals surface area (Å²) in [4.78, 5) is 0. The zero-order valence-electron chi connectivity index (χ0n) is 11.6. The monoisotopic (exact) mass is 321 g/mol. The first kappa shape index (κ1) is 14.7. The van der Waals surface area contributed by atoms with Gasteiger partial charge in [-0.25, -0.2) is 0 Å². The van der Waals surface area contributed by atoms with Gasteiger partial charge in [0.15, 0.2) is 0 Å². The maximum Gasteiger partial charge on any atom is 0.123 e. The Morgan fingerprint density at radius 3 is 2.67 bits per heavy atom. The van der Waals surface area contributed by atoms with E-state index in [0.29, 0.717) is 23.2 Å². The predicted octanol–water partition coefficient (Wildman–Crippen LogP) is 4.22. The molecule has 1 atom stereocenters. The highest BCUT2D eigenvalue weighted by Gasteiger charge is 2.36. The Morgan fingerprint density at radius 2 is 1.90 bits per heavy atom. The Hall–Kier alpha value is -1.22. The first-order valence-electron chi connectivity index (χ1n) is 7.01. The Kier molecular flexibility index (Phi) is 4.12. The van der Waals surface area contributed by atoms with E-state index in [4.69, 9.17) is 33.7 Å². The Balaban J connectivity index is 2.00. The smallest absolute Gasteiger partial charge is 0.123 e. The van der Waals surface area contributed by atoms with E-state index in [0.717, 1.165) is 24.2 Å². The van der Waals surface area contributed by atoms with Crippen molar-refractivity contribution in [2.24, 2.45) is 5.73 Å². The molecule has 0 radical (unpaired) electrons. The largest absolute Gasteiger partial charge is 0.493 e. The van der Waals surface area contributed by atoms with Crippen LogP contribution < -0.4 is 10.5 Å². The molecular formula is C17H17Cl2NO. The minimum atomic E-state index is -0.105. The van der Waals surface area contributed by atoms with Crippen molar-refractivity contribution >= 4 is 23.2 Å². The van der Waals surface area contributed by atoms with E-state index >= 15 is 0 Å². The molecule has 21 heavy (non-hydrogen) atoms. The van der Waals surface area contributed by atoms with Gasteiger partial charge < -0.3 is 10.5 Å². The lowest BCUT2D eigenvalue weighted by molar-refractivity contribution is 0.215. The molecule has 3 rings (SSSR count). The average Bonchev–Trinajstić information content (AvgIpc) is 2.51. The molecule has 110 valence electrons. The van der Waals surface area contributed by atoms with Crippen LogP contribution in [0.1, 0.15) is 17.5 Å². The number of rotatable bonds is 3. The molecule has 0 aromatic heterocycles. The lowest BCUT2D eigenvalue weighted by Gasteiger charge is -2.38. The maximum atomic E-state index is 6.15. The fourth-order valence-corrected chi connectivity index (χ4v) is 3.35. The number of ether oxygens (including phenoxy) is 1. The Bertz CT molecular complexity index is 659. The number of para-hydroxylation sites is 1. The van der Waals surface area contributed by atoms with Gasteiger partial charge in [0.05, 0.1) is 16.7 Å². The van der Waals surface area contributed by atoms with Crippen molar-refractivity contribution in [2.45, 2.75) is 18.3 Å². The summed E-state index contributed by atoms with van der Waals surface area (Å²) in [6, 6.07) is 13.9. The van der Waals surface area contributed by atoms with Gasteiger partial charge in [-0.3, -0.25) is 0 Å². The van der Waals surface area contributed by atoms with Gasteiger partial charge in [0.1, 0.15) is 5.75 Å². The molecule has 0 fully saturated rings. The number of benzene rings is 2. The van der Waals surface area contributed by atoms with Gasteiger partial charge in [0, 0.05) is 17.5 Å². The van der Waals surface area contributed by atoms with Crippen LogP contribution in [-0.4, -0.2) is 13.2 Å². The molecule has 1 aliphatic heterocycles. The maximum absolute atomic E-state index is 6.15. The molecule has 2 aromatic carbocycles. The summed E-state index contributed by atoms with van der Waals surface area (Å²) in [5.41, 5.74) is 8.38. The van der Waals surface area contributed by atoms with E-state index in [1.54, 1.807) is 0 Å². The van der Waals surface area contributed by atoms with Gasteiger partial charge in [0.25, 0.3) is 0 Å². The lowest BCUT2D eigenvalue weighted by Crippen LogP contribution is -2.41. The van der Waals surface area contributed by atoms with Gasteiger partial charge in [0.2, 0.25) is 0 Å². The lowest BCUT2D eigenvalue weighted by atomic mass is 9.72. The van der Waals surface area contributed by atoms with Crippen molar-refractivity contribution in [3.05, 3.63) is 63.6 Å². The Morgan fingerprint density at radius 1 is 1.10 bits per heavy atom. The van der Waals surface area contributed by atoms with Crippen molar-refractivity contribution in [3.8, 4) is 5.75 Å². The fraction of sp³-hybridized carbons (Fsp3) is 0.294. The zero-order valence-corrected chi connectivity index (χ0v) is 13.1. The van der Waals surface area contributed by atoms with E-state index in [9.17, 15) is 0 Å². The van der Waals surface area contributed by atoms with Crippen LogP contribution in [0, 0.1) is 0 Å². The van der Waals surface area contributed by atoms with E-state index in [2.05, 4.69) is 6.07 Å². The van der Waals surface area contributed by atoms with E-state index < -0.39 is 0 Å². The molecular weight excluding hydrogens is 305 g/mol. The number of hydrogen-bond acceptors (Lipinski definition) is 2. The highest BCUT2D eigenvalue weighted by atomic mass is 35.5. The van der Waals surface area contributed by atoms with Crippen LogP contribution in [0.3, 0.4) is 0 Å². The molecule has 4 heteroatoms. The summed E-state index contributed by atoms with van der Waals surface area (Å²) < 4.78 is 5.76. The van der Waals surface area contributed by atoms with Crippen LogP contribution in [-0.2, 0) is 11.8 Å².